The molecule has 1 aliphatic rings. The summed E-state index contributed by atoms with van der Waals surface area (Å²) in [5.74, 6) is 1.80. The smallest absolute Gasteiger partial charge is 0.309 e. The number of nitrogens with zero attached hydrogens (tertiary/aromatic N) is 5. The van der Waals surface area contributed by atoms with E-state index in [0.717, 1.165) is 57.2 Å². The number of ether oxygens (including phenoxy) is 1. The van der Waals surface area contributed by atoms with Crippen molar-refractivity contribution >= 4 is 23.3 Å². The lowest BCUT2D eigenvalue weighted by molar-refractivity contribution is -0.149. The van der Waals surface area contributed by atoms with Crippen molar-refractivity contribution in [1.82, 2.24) is 25.0 Å². The van der Waals surface area contributed by atoms with Crippen LogP contribution in [0, 0.1) is 5.92 Å². The van der Waals surface area contributed by atoms with Gasteiger partial charge < -0.3 is 19.5 Å². The number of likely N-dealkylation sites (tertiary alicyclic amines) is 1. The Kier molecular flexibility index (Phi) is 8.03. The van der Waals surface area contributed by atoms with Crippen LogP contribution in [-0.2, 0) is 29.0 Å². The molecule has 2 aromatic rings. The van der Waals surface area contributed by atoms with Gasteiger partial charge in [0.2, 0.25) is 0 Å². The van der Waals surface area contributed by atoms with Gasteiger partial charge in [-0.05, 0) is 31.2 Å². The zero-order valence-electron chi connectivity index (χ0n) is 17.2. The Morgan fingerprint density at radius 2 is 2.21 bits per heavy atom. The summed E-state index contributed by atoms with van der Waals surface area (Å²) in [5, 5.41) is 13.7. The Labute approximate surface area is 176 Å². The predicted molar refractivity (Wildman–Crippen MR) is 114 cm³/mol. The normalized spacial score (nSPS) is 15.5. The highest BCUT2D eigenvalue weighted by molar-refractivity contribution is 7.09. The number of nitrogens with one attached hydrogen (secondary N) is 1. The molecule has 0 atom stereocenters. The van der Waals surface area contributed by atoms with Crippen LogP contribution in [0.2, 0.25) is 0 Å². The van der Waals surface area contributed by atoms with Gasteiger partial charge in [0.1, 0.15) is 12.2 Å². The third-order valence-electron chi connectivity index (χ3n) is 5.03. The van der Waals surface area contributed by atoms with Gasteiger partial charge in [0.05, 0.1) is 19.1 Å². The predicted octanol–water partition coefficient (Wildman–Crippen LogP) is 2.32. The maximum Gasteiger partial charge on any atom is 0.309 e. The lowest BCUT2D eigenvalue weighted by Gasteiger charge is -2.33. The summed E-state index contributed by atoms with van der Waals surface area (Å²) in [6, 6.07) is 4.15. The largest absolute Gasteiger partial charge is 0.466 e. The van der Waals surface area contributed by atoms with Crippen molar-refractivity contribution in [3.05, 3.63) is 34.5 Å². The summed E-state index contributed by atoms with van der Waals surface area (Å²) in [7, 11) is 0. The van der Waals surface area contributed by atoms with Crippen LogP contribution in [-0.4, -0.2) is 57.8 Å². The SMILES string of the molecule is CCOC(=O)C1CCN(C(=NCc2cccs2)NCCn2cnnc2CC)CC1. The molecule has 3 heterocycles. The molecule has 0 amide bonds. The van der Waals surface area contributed by atoms with Crippen molar-refractivity contribution in [2.24, 2.45) is 10.9 Å². The number of guanidine groups is 1. The molecule has 8 nitrogen and oxygen atoms in total. The van der Waals surface area contributed by atoms with Crippen molar-refractivity contribution in [1.29, 1.82) is 0 Å². The average molecular weight is 419 g/mol. The molecule has 3 rings (SSSR count). The summed E-state index contributed by atoms with van der Waals surface area (Å²) >= 11 is 1.71. The Hall–Kier alpha value is -2.42. The molecular formula is C20H30N6O2S. The number of hydrogen-bond acceptors (Lipinski definition) is 6. The topological polar surface area (TPSA) is 84.6 Å². The van der Waals surface area contributed by atoms with E-state index in [9.17, 15) is 4.79 Å². The molecule has 0 saturated carbocycles. The second kappa shape index (κ2) is 10.9. The molecular weight excluding hydrogens is 388 g/mol. The van der Waals surface area contributed by atoms with Crippen molar-refractivity contribution in [3.63, 3.8) is 0 Å². The monoisotopic (exact) mass is 418 g/mol. The quantitative estimate of drug-likeness (QED) is 0.402. The number of aliphatic imine (C=N–C) groups is 1. The minimum absolute atomic E-state index is 0.00567. The Morgan fingerprint density at radius 3 is 2.90 bits per heavy atom. The molecule has 9 heteroatoms. The first-order chi connectivity index (χ1) is 14.2. The summed E-state index contributed by atoms with van der Waals surface area (Å²) in [5.41, 5.74) is 0. The number of thiophene rings is 1. The van der Waals surface area contributed by atoms with Crippen LogP contribution in [0.4, 0.5) is 0 Å². The van der Waals surface area contributed by atoms with Crippen LogP contribution in [0.3, 0.4) is 0 Å². The van der Waals surface area contributed by atoms with E-state index in [1.54, 1.807) is 17.7 Å². The summed E-state index contributed by atoms with van der Waals surface area (Å²) in [6.07, 6.45) is 4.22. The molecule has 2 aromatic heterocycles. The van der Waals surface area contributed by atoms with Crippen LogP contribution in [0.5, 0.6) is 0 Å². The Morgan fingerprint density at radius 1 is 1.38 bits per heavy atom. The highest BCUT2D eigenvalue weighted by atomic mass is 32.1. The molecule has 1 saturated heterocycles. The molecule has 1 fully saturated rings. The molecule has 0 spiro atoms. The van der Waals surface area contributed by atoms with Gasteiger partial charge in [-0.1, -0.05) is 13.0 Å². The summed E-state index contributed by atoms with van der Waals surface area (Å²) in [6.45, 7) is 8.15. The van der Waals surface area contributed by atoms with Gasteiger partial charge in [-0.2, -0.15) is 0 Å². The second-order valence-corrected chi connectivity index (χ2v) is 7.99. The van der Waals surface area contributed by atoms with Crippen LogP contribution in [0.15, 0.2) is 28.8 Å². The van der Waals surface area contributed by atoms with Crippen LogP contribution >= 0.6 is 11.3 Å². The minimum Gasteiger partial charge on any atom is -0.466 e. The van der Waals surface area contributed by atoms with Gasteiger partial charge >= 0.3 is 5.97 Å². The zero-order valence-corrected chi connectivity index (χ0v) is 18.0. The van der Waals surface area contributed by atoms with E-state index < -0.39 is 0 Å². The second-order valence-electron chi connectivity index (χ2n) is 6.95. The van der Waals surface area contributed by atoms with Gasteiger partial charge in [-0.15, -0.1) is 21.5 Å². The molecule has 1 N–H and O–H groups in total. The van der Waals surface area contributed by atoms with Gasteiger partial charge in [0.25, 0.3) is 0 Å². The minimum atomic E-state index is -0.0723. The number of hydrogen-bond donors (Lipinski definition) is 1. The van der Waals surface area contributed by atoms with E-state index in [1.807, 2.05) is 13.0 Å². The lowest BCUT2D eigenvalue weighted by Crippen LogP contribution is -2.47. The van der Waals surface area contributed by atoms with E-state index in [2.05, 4.69) is 43.4 Å². The fraction of sp³-hybridized carbons (Fsp3) is 0.600. The number of rotatable bonds is 8. The van der Waals surface area contributed by atoms with Crippen molar-refractivity contribution in [2.45, 2.75) is 46.2 Å². The lowest BCUT2D eigenvalue weighted by atomic mass is 9.97. The Bertz CT molecular complexity index is 781. The van der Waals surface area contributed by atoms with E-state index in [4.69, 9.17) is 9.73 Å². The number of carbonyl (C=O) groups is 1. The highest BCUT2D eigenvalue weighted by Crippen LogP contribution is 2.19. The third kappa shape index (κ3) is 6.03. The molecule has 0 aromatic carbocycles. The molecule has 29 heavy (non-hydrogen) atoms. The summed E-state index contributed by atoms with van der Waals surface area (Å²) < 4.78 is 7.25. The first kappa shape index (κ1) is 21.3. The van der Waals surface area contributed by atoms with E-state index in [0.29, 0.717) is 13.2 Å². The highest BCUT2D eigenvalue weighted by Gasteiger charge is 2.27. The van der Waals surface area contributed by atoms with Gasteiger partial charge in [0.15, 0.2) is 5.96 Å². The van der Waals surface area contributed by atoms with Crippen molar-refractivity contribution < 1.29 is 9.53 Å². The van der Waals surface area contributed by atoms with Crippen LogP contribution in [0.25, 0.3) is 0 Å². The standard InChI is InChI=1S/C20H30N6O2S/c1-3-18-24-23-15-26(18)12-9-21-20(22-14-17-6-5-13-29-17)25-10-7-16(8-11-25)19(27)28-4-2/h5-6,13,15-16H,3-4,7-12,14H2,1-2H3,(H,21,22). The number of aromatic nitrogens is 3. The maximum atomic E-state index is 12.0. The van der Waals surface area contributed by atoms with E-state index in [-0.39, 0.29) is 11.9 Å². The molecule has 0 unspecified atom stereocenters. The molecule has 1 aliphatic heterocycles. The number of piperidine rings is 1. The van der Waals surface area contributed by atoms with E-state index >= 15 is 0 Å². The first-order valence-corrected chi connectivity index (χ1v) is 11.2. The van der Waals surface area contributed by atoms with Crippen LogP contribution < -0.4 is 5.32 Å². The molecule has 0 aliphatic carbocycles. The van der Waals surface area contributed by atoms with E-state index in [1.165, 1.54) is 4.88 Å². The fourth-order valence-corrected chi connectivity index (χ4v) is 4.07. The molecule has 158 valence electrons. The van der Waals surface area contributed by atoms with Gasteiger partial charge in [0, 0.05) is 37.5 Å². The Balaban J connectivity index is 1.59. The number of carbonyl (C=O) groups excluding carboxylic acids is 1. The van der Waals surface area contributed by atoms with Crippen molar-refractivity contribution in [3.8, 4) is 0 Å². The number of aryl methyl sites for hydroxylation is 1. The average Bonchev–Trinajstić information content (AvgIpc) is 3.42. The molecule has 0 bridgehead atoms. The van der Waals surface area contributed by atoms with Gasteiger partial charge in [-0.3, -0.25) is 4.79 Å². The van der Waals surface area contributed by atoms with Crippen molar-refractivity contribution in [2.75, 3.05) is 26.2 Å². The summed E-state index contributed by atoms with van der Waals surface area (Å²) in [4.78, 5) is 20.3. The fourth-order valence-electron chi connectivity index (χ4n) is 3.44. The third-order valence-corrected chi connectivity index (χ3v) is 5.89. The maximum absolute atomic E-state index is 12.0. The molecule has 0 radical (unpaired) electrons. The zero-order chi connectivity index (χ0) is 20.5. The van der Waals surface area contributed by atoms with Crippen LogP contribution in [0.1, 0.15) is 37.4 Å². The van der Waals surface area contributed by atoms with Gasteiger partial charge in [-0.25, -0.2) is 4.99 Å². The first-order valence-electron chi connectivity index (χ1n) is 10.3. The number of esters is 1.